The van der Waals surface area contributed by atoms with E-state index in [4.69, 9.17) is 4.74 Å². The van der Waals surface area contributed by atoms with E-state index >= 15 is 0 Å². The molecule has 5 heteroatoms. The Morgan fingerprint density at radius 1 is 1.09 bits per heavy atom. The topological polar surface area (TPSA) is 41.5 Å². The summed E-state index contributed by atoms with van der Waals surface area (Å²) in [5.74, 6) is 0.828. The number of hydrogen-bond donors (Lipinski definition) is 2. The van der Waals surface area contributed by atoms with Gasteiger partial charge < -0.3 is 27.6 Å². The summed E-state index contributed by atoms with van der Waals surface area (Å²) in [5, 5.41) is 12.6. The lowest BCUT2D eigenvalue weighted by Crippen LogP contribution is -3.00. The predicted molar refractivity (Wildman–Crippen MR) is 92.9 cm³/mol. The van der Waals surface area contributed by atoms with Crippen LogP contribution in [0.3, 0.4) is 0 Å². The van der Waals surface area contributed by atoms with E-state index in [-0.39, 0.29) is 24.6 Å². The van der Waals surface area contributed by atoms with Gasteiger partial charge in [0.2, 0.25) is 0 Å². The summed E-state index contributed by atoms with van der Waals surface area (Å²) in [6.45, 7) is 5.30. The summed E-state index contributed by atoms with van der Waals surface area (Å²) < 4.78 is 6.77. The molecule has 0 aliphatic rings. The van der Waals surface area contributed by atoms with Crippen molar-refractivity contribution in [3.8, 4) is 5.75 Å². The van der Waals surface area contributed by atoms with Crippen LogP contribution in [0, 0.1) is 0 Å². The summed E-state index contributed by atoms with van der Waals surface area (Å²) in [6, 6.07) is 16.1. The molecule has 0 fully saturated rings. The van der Waals surface area contributed by atoms with E-state index in [1.807, 2.05) is 62.4 Å². The normalized spacial score (nSPS) is 11.0. The first-order valence-electron chi connectivity index (χ1n) is 7.31. The molecule has 0 saturated heterocycles. The highest BCUT2D eigenvalue weighted by molar-refractivity contribution is 9.10. The van der Waals surface area contributed by atoms with Gasteiger partial charge in [-0.05, 0) is 53.0 Å². The summed E-state index contributed by atoms with van der Waals surface area (Å²) in [7, 11) is 0. The van der Waals surface area contributed by atoms with E-state index in [2.05, 4.69) is 21.2 Å². The highest BCUT2D eigenvalue weighted by atomic mass is 79.9. The minimum atomic E-state index is -0.283. The van der Waals surface area contributed by atoms with Gasteiger partial charge >= 0.3 is 0 Å². The quantitative estimate of drug-likeness (QED) is 0.727. The Labute approximate surface area is 152 Å². The molecule has 126 valence electrons. The van der Waals surface area contributed by atoms with Gasteiger partial charge in [0.1, 0.15) is 12.4 Å². The number of halogens is 2. The smallest absolute Gasteiger partial charge is 0.134 e. The maximum atomic E-state index is 9.26. The molecule has 2 rings (SSSR count). The molecule has 0 atom stereocenters. The second-order valence-corrected chi connectivity index (χ2v) is 6.79. The first-order chi connectivity index (χ1) is 10.5. The fourth-order valence-corrected chi connectivity index (χ4v) is 2.44. The second-order valence-electron chi connectivity index (χ2n) is 5.93. The van der Waals surface area contributed by atoms with Crippen LogP contribution in [0.5, 0.6) is 5.75 Å². The van der Waals surface area contributed by atoms with Crippen molar-refractivity contribution in [1.29, 1.82) is 0 Å². The van der Waals surface area contributed by atoms with Gasteiger partial charge in [0, 0.05) is 12.1 Å². The zero-order valence-electron chi connectivity index (χ0n) is 13.4. The molecule has 0 aliphatic heterocycles. The molecule has 0 radical (unpaired) electrons. The van der Waals surface area contributed by atoms with E-state index in [1.54, 1.807) is 0 Å². The van der Waals surface area contributed by atoms with Crippen LogP contribution in [-0.4, -0.2) is 17.3 Å². The molecule has 0 aromatic heterocycles. The average molecular weight is 400 g/mol. The minimum absolute atomic E-state index is 0. The number of ether oxygens (including phenoxy) is 1. The predicted octanol–water partition coefficient (Wildman–Crippen LogP) is 0.893. The first kappa shape index (κ1) is 20.0. The molecule has 3 nitrogen and oxygen atoms in total. The van der Waals surface area contributed by atoms with Gasteiger partial charge in [-0.15, -0.1) is 0 Å². The highest BCUT2D eigenvalue weighted by Gasteiger charge is 2.15. The molecule has 0 saturated carbocycles. The van der Waals surface area contributed by atoms with Crippen molar-refractivity contribution in [2.24, 2.45) is 0 Å². The van der Waals surface area contributed by atoms with Crippen molar-refractivity contribution >= 4 is 15.9 Å². The van der Waals surface area contributed by atoms with Crippen LogP contribution in [0.15, 0.2) is 53.0 Å². The number of nitrogens with one attached hydrogen (secondary N) is 1. The molecule has 23 heavy (non-hydrogen) atoms. The SMILES string of the molecule is CC(C)(CO)NCc1ccc(OCc2ccccc2)c(Br)c1.[Cl-]. The molecule has 2 aromatic carbocycles. The van der Waals surface area contributed by atoms with Crippen molar-refractivity contribution in [3.63, 3.8) is 0 Å². The Morgan fingerprint density at radius 3 is 2.39 bits per heavy atom. The Kier molecular flexibility index (Phi) is 8.06. The largest absolute Gasteiger partial charge is 1.00 e. The molecular weight excluding hydrogens is 378 g/mol. The van der Waals surface area contributed by atoms with E-state index in [9.17, 15) is 5.11 Å². The van der Waals surface area contributed by atoms with Crippen LogP contribution in [0.25, 0.3) is 0 Å². The van der Waals surface area contributed by atoms with Gasteiger partial charge in [0.15, 0.2) is 0 Å². The van der Waals surface area contributed by atoms with Crippen molar-refractivity contribution < 1.29 is 22.3 Å². The maximum absolute atomic E-state index is 9.26. The number of aliphatic hydroxyl groups excluding tert-OH is 1. The molecule has 2 N–H and O–H groups in total. The summed E-state index contributed by atoms with van der Waals surface area (Å²) in [6.07, 6.45) is 0. The van der Waals surface area contributed by atoms with Gasteiger partial charge in [-0.2, -0.15) is 0 Å². The Balaban J connectivity index is 0.00000264. The van der Waals surface area contributed by atoms with Crippen molar-refractivity contribution in [1.82, 2.24) is 5.32 Å². The molecule has 0 unspecified atom stereocenters. The molecule has 2 aromatic rings. The van der Waals surface area contributed by atoms with Crippen LogP contribution < -0.4 is 22.5 Å². The van der Waals surface area contributed by atoms with Crippen molar-refractivity contribution in [3.05, 3.63) is 64.1 Å². The summed E-state index contributed by atoms with van der Waals surface area (Å²) in [5.41, 5.74) is 2.00. The highest BCUT2D eigenvalue weighted by Crippen LogP contribution is 2.27. The van der Waals surface area contributed by atoms with Gasteiger partial charge in [-0.25, -0.2) is 0 Å². The van der Waals surface area contributed by atoms with Crippen LogP contribution in [0.2, 0.25) is 0 Å². The van der Waals surface area contributed by atoms with E-state index < -0.39 is 0 Å². The van der Waals surface area contributed by atoms with Crippen LogP contribution >= 0.6 is 15.9 Å². The van der Waals surface area contributed by atoms with Gasteiger partial charge in [-0.1, -0.05) is 36.4 Å². The van der Waals surface area contributed by atoms with E-state index in [0.717, 1.165) is 21.3 Å². The number of benzene rings is 2. The van der Waals surface area contributed by atoms with Crippen LogP contribution in [0.1, 0.15) is 25.0 Å². The maximum Gasteiger partial charge on any atom is 0.134 e. The fourth-order valence-electron chi connectivity index (χ4n) is 1.90. The lowest BCUT2D eigenvalue weighted by molar-refractivity contribution is -0.00000578. The summed E-state index contributed by atoms with van der Waals surface area (Å²) in [4.78, 5) is 0. The third-order valence-corrected chi connectivity index (χ3v) is 4.02. The van der Waals surface area contributed by atoms with Crippen LogP contribution in [-0.2, 0) is 13.2 Å². The van der Waals surface area contributed by atoms with Crippen molar-refractivity contribution in [2.75, 3.05) is 6.61 Å². The van der Waals surface area contributed by atoms with Gasteiger partial charge in [0.05, 0.1) is 11.1 Å². The Morgan fingerprint density at radius 2 is 1.78 bits per heavy atom. The Bertz CT molecular complexity index is 605. The molecule has 0 spiro atoms. The molecule has 0 bridgehead atoms. The second kappa shape index (κ2) is 9.28. The third kappa shape index (κ3) is 6.51. The minimum Gasteiger partial charge on any atom is -1.00 e. The van der Waals surface area contributed by atoms with E-state index in [0.29, 0.717) is 13.2 Å². The zero-order valence-corrected chi connectivity index (χ0v) is 15.7. The first-order valence-corrected chi connectivity index (χ1v) is 8.10. The standard InChI is InChI=1S/C18H22BrNO2.ClH/c1-18(2,13-21)20-11-15-8-9-17(16(19)10-15)22-12-14-6-4-3-5-7-14;/h3-10,20-21H,11-13H2,1-2H3;1H/p-1. The third-order valence-electron chi connectivity index (χ3n) is 3.40. The van der Waals surface area contributed by atoms with Gasteiger partial charge in [0.25, 0.3) is 0 Å². The average Bonchev–Trinajstić information content (AvgIpc) is 2.53. The van der Waals surface area contributed by atoms with Crippen molar-refractivity contribution in [2.45, 2.75) is 32.5 Å². The summed E-state index contributed by atoms with van der Waals surface area (Å²) >= 11 is 3.56. The molecule has 0 amide bonds. The van der Waals surface area contributed by atoms with E-state index in [1.165, 1.54) is 0 Å². The van der Waals surface area contributed by atoms with Crippen LogP contribution in [0.4, 0.5) is 0 Å². The fraction of sp³-hybridized carbons (Fsp3) is 0.333. The monoisotopic (exact) mass is 398 g/mol. The molecule has 0 aliphatic carbocycles. The lowest BCUT2D eigenvalue weighted by Gasteiger charge is -2.23. The molecule has 0 heterocycles. The number of rotatable bonds is 7. The number of aliphatic hydroxyl groups is 1. The zero-order chi connectivity index (χ0) is 16.0. The number of hydrogen-bond acceptors (Lipinski definition) is 3. The van der Waals surface area contributed by atoms with Gasteiger partial charge in [-0.3, -0.25) is 0 Å². The molecular formula is C18H22BrClNO2-. The Hall–Kier alpha value is -1.07. The lowest BCUT2D eigenvalue weighted by atomic mass is 10.1.